The Labute approximate surface area is 132 Å². The third-order valence-corrected chi connectivity index (χ3v) is 1.90. The van der Waals surface area contributed by atoms with Gasteiger partial charge in [0.15, 0.2) is 0 Å². The number of terminal acetylenes is 1. The number of aliphatic hydroxyl groups excluding tert-OH is 1. The third kappa shape index (κ3) is 16.3. The minimum absolute atomic E-state index is 0.0711. The van der Waals surface area contributed by atoms with Gasteiger partial charge >= 0.3 is 6.09 Å². The van der Waals surface area contributed by atoms with E-state index in [1.165, 1.54) is 7.11 Å². The van der Waals surface area contributed by atoms with Gasteiger partial charge in [0.1, 0.15) is 12.2 Å². The van der Waals surface area contributed by atoms with Crippen LogP contribution in [0, 0.1) is 12.3 Å². The molecule has 0 aromatic carbocycles. The highest BCUT2D eigenvalue weighted by Gasteiger charge is 2.23. The zero-order valence-electron chi connectivity index (χ0n) is 14.3. The van der Waals surface area contributed by atoms with E-state index in [-0.39, 0.29) is 25.7 Å². The summed E-state index contributed by atoms with van der Waals surface area (Å²) in [6.45, 7) is 9.03. The van der Waals surface area contributed by atoms with Crippen LogP contribution in [0.5, 0.6) is 0 Å². The maximum atomic E-state index is 11.2. The van der Waals surface area contributed by atoms with Crippen molar-refractivity contribution in [2.45, 2.75) is 45.8 Å². The Morgan fingerprint density at radius 1 is 1.23 bits per heavy atom. The topological polar surface area (TPSA) is 96.9 Å². The summed E-state index contributed by atoms with van der Waals surface area (Å²) in [7, 11) is 1.45. The second-order valence-electron chi connectivity index (χ2n) is 6.08. The van der Waals surface area contributed by atoms with E-state index in [1.807, 2.05) is 0 Å². The normalized spacial score (nSPS) is 10.6. The molecule has 2 amide bonds. The summed E-state index contributed by atoms with van der Waals surface area (Å²) in [6.07, 6.45) is 4.36. The van der Waals surface area contributed by atoms with Gasteiger partial charge in [0.2, 0.25) is 5.91 Å². The minimum Gasteiger partial charge on any atom is -0.444 e. The van der Waals surface area contributed by atoms with Crippen LogP contribution in [0.25, 0.3) is 0 Å². The fourth-order valence-corrected chi connectivity index (χ4v) is 0.951. The molecular formula is C15H28N2O5. The Kier molecular flexibility index (Phi) is 11.1. The number of ether oxygens (including phenoxy) is 2. The molecule has 0 spiro atoms. The molecule has 0 fully saturated rings. The molecule has 0 radical (unpaired) electrons. The number of carbonyl (C=O) groups is 2. The Hall–Kier alpha value is -1.78. The highest BCUT2D eigenvalue weighted by molar-refractivity contribution is 5.77. The second kappa shape index (κ2) is 10.9. The molecule has 0 aliphatic rings. The quantitative estimate of drug-likeness (QED) is 0.648. The molecule has 128 valence electrons. The van der Waals surface area contributed by atoms with Crippen LogP contribution in [0.15, 0.2) is 0 Å². The van der Waals surface area contributed by atoms with Crippen LogP contribution in [-0.2, 0) is 14.3 Å². The SMILES string of the molecule is C#CCNC(=O)COC.CC(C)(CO)NC(=O)OC(C)(C)C. The summed E-state index contributed by atoms with van der Waals surface area (Å²) in [5.74, 6) is 2.08. The molecule has 0 unspecified atom stereocenters. The predicted molar refractivity (Wildman–Crippen MR) is 84.3 cm³/mol. The largest absolute Gasteiger partial charge is 0.444 e. The van der Waals surface area contributed by atoms with Crippen LogP contribution in [0.3, 0.4) is 0 Å². The van der Waals surface area contributed by atoms with Crippen molar-refractivity contribution in [3.63, 3.8) is 0 Å². The van der Waals surface area contributed by atoms with E-state index >= 15 is 0 Å². The first kappa shape index (κ1) is 22.5. The van der Waals surface area contributed by atoms with E-state index in [1.54, 1.807) is 34.6 Å². The van der Waals surface area contributed by atoms with E-state index in [0.29, 0.717) is 0 Å². The van der Waals surface area contributed by atoms with Crippen LogP contribution in [0.2, 0.25) is 0 Å². The van der Waals surface area contributed by atoms with Gasteiger partial charge in [-0.25, -0.2) is 4.79 Å². The summed E-state index contributed by atoms with van der Waals surface area (Å²) < 4.78 is 9.53. The van der Waals surface area contributed by atoms with Crippen molar-refractivity contribution in [3.8, 4) is 12.3 Å². The summed E-state index contributed by atoms with van der Waals surface area (Å²) in [6, 6.07) is 0. The summed E-state index contributed by atoms with van der Waals surface area (Å²) in [4.78, 5) is 21.7. The number of hydrogen-bond donors (Lipinski definition) is 3. The number of nitrogens with one attached hydrogen (secondary N) is 2. The Bertz CT molecular complexity index is 380. The molecular weight excluding hydrogens is 288 g/mol. The van der Waals surface area contributed by atoms with Crippen molar-refractivity contribution < 1.29 is 24.2 Å². The van der Waals surface area contributed by atoms with Gasteiger partial charge in [-0.05, 0) is 34.6 Å². The zero-order valence-corrected chi connectivity index (χ0v) is 14.3. The first-order chi connectivity index (χ1) is 9.97. The summed E-state index contributed by atoms with van der Waals surface area (Å²) in [5.41, 5.74) is -1.14. The number of alkyl carbamates (subject to hydrolysis) is 1. The average molecular weight is 316 g/mol. The molecule has 0 saturated carbocycles. The van der Waals surface area contributed by atoms with Crippen LogP contribution in [0.4, 0.5) is 4.79 Å². The van der Waals surface area contributed by atoms with Crippen molar-refractivity contribution in [1.29, 1.82) is 0 Å². The molecule has 0 bridgehead atoms. The van der Waals surface area contributed by atoms with Crippen molar-refractivity contribution in [2.75, 3.05) is 26.9 Å². The molecule has 0 aliphatic carbocycles. The fourth-order valence-electron chi connectivity index (χ4n) is 0.951. The van der Waals surface area contributed by atoms with Gasteiger partial charge in [-0.1, -0.05) is 5.92 Å². The van der Waals surface area contributed by atoms with Crippen molar-refractivity contribution >= 4 is 12.0 Å². The lowest BCUT2D eigenvalue weighted by Gasteiger charge is -2.26. The molecule has 3 N–H and O–H groups in total. The highest BCUT2D eigenvalue weighted by Crippen LogP contribution is 2.08. The zero-order chi connectivity index (χ0) is 17.8. The van der Waals surface area contributed by atoms with E-state index in [4.69, 9.17) is 16.3 Å². The van der Waals surface area contributed by atoms with Crippen LogP contribution < -0.4 is 10.6 Å². The minimum atomic E-state index is -0.637. The number of rotatable bonds is 5. The summed E-state index contributed by atoms with van der Waals surface area (Å²) in [5, 5.41) is 13.9. The Morgan fingerprint density at radius 2 is 1.77 bits per heavy atom. The van der Waals surface area contributed by atoms with Gasteiger partial charge in [0.05, 0.1) is 18.7 Å². The first-order valence-electron chi connectivity index (χ1n) is 6.78. The van der Waals surface area contributed by atoms with Gasteiger partial charge in [-0.15, -0.1) is 6.42 Å². The third-order valence-electron chi connectivity index (χ3n) is 1.90. The number of carbonyl (C=O) groups excluding carboxylic acids is 2. The lowest BCUT2D eigenvalue weighted by Crippen LogP contribution is -2.48. The van der Waals surface area contributed by atoms with Crippen molar-refractivity contribution in [3.05, 3.63) is 0 Å². The first-order valence-corrected chi connectivity index (χ1v) is 6.78. The lowest BCUT2D eigenvalue weighted by atomic mass is 10.1. The summed E-state index contributed by atoms with van der Waals surface area (Å²) >= 11 is 0. The fraction of sp³-hybridized carbons (Fsp3) is 0.733. The van der Waals surface area contributed by atoms with E-state index < -0.39 is 17.2 Å². The van der Waals surface area contributed by atoms with Gasteiger partial charge in [0.25, 0.3) is 0 Å². The van der Waals surface area contributed by atoms with Crippen molar-refractivity contribution in [2.24, 2.45) is 0 Å². The maximum Gasteiger partial charge on any atom is 0.408 e. The van der Waals surface area contributed by atoms with E-state index in [0.717, 1.165) is 0 Å². The highest BCUT2D eigenvalue weighted by atomic mass is 16.6. The molecule has 0 saturated heterocycles. The van der Waals surface area contributed by atoms with E-state index in [2.05, 4.69) is 21.3 Å². The van der Waals surface area contributed by atoms with Gasteiger partial charge < -0.3 is 25.2 Å². The molecule has 0 aromatic heterocycles. The lowest BCUT2D eigenvalue weighted by molar-refractivity contribution is -0.124. The molecule has 0 aromatic rings. The molecule has 22 heavy (non-hydrogen) atoms. The maximum absolute atomic E-state index is 11.2. The molecule has 0 rings (SSSR count). The molecule has 0 heterocycles. The Morgan fingerprint density at radius 3 is 2.14 bits per heavy atom. The van der Waals surface area contributed by atoms with Crippen LogP contribution in [0.1, 0.15) is 34.6 Å². The standard InChI is InChI=1S/C9H19NO3.C6H9NO2/c1-8(2,3)13-7(12)10-9(4,5)6-11;1-3-4-7-6(8)5-9-2/h11H,6H2,1-5H3,(H,10,12);1H,4-5H2,2H3,(H,7,8). The smallest absolute Gasteiger partial charge is 0.408 e. The van der Waals surface area contributed by atoms with Crippen LogP contribution >= 0.6 is 0 Å². The Balaban J connectivity index is 0. The average Bonchev–Trinajstić information content (AvgIpc) is 2.34. The number of hydrogen-bond acceptors (Lipinski definition) is 5. The van der Waals surface area contributed by atoms with E-state index in [9.17, 15) is 9.59 Å². The molecule has 0 aliphatic heterocycles. The number of aliphatic hydroxyl groups is 1. The van der Waals surface area contributed by atoms with Gasteiger partial charge in [-0.3, -0.25) is 4.79 Å². The van der Waals surface area contributed by atoms with Gasteiger partial charge in [0, 0.05) is 7.11 Å². The van der Waals surface area contributed by atoms with Crippen molar-refractivity contribution in [1.82, 2.24) is 10.6 Å². The monoisotopic (exact) mass is 316 g/mol. The second-order valence-corrected chi connectivity index (χ2v) is 6.08. The molecule has 0 atom stereocenters. The number of amides is 2. The van der Waals surface area contributed by atoms with Crippen LogP contribution in [-0.4, -0.2) is 55.1 Å². The number of methoxy groups -OCH3 is 1. The molecule has 7 heteroatoms. The predicted octanol–water partition coefficient (Wildman–Crippen LogP) is 0.664. The van der Waals surface area contributed by atoms with Gasteiger partial charge in [-0.2, -0.15) is 0 Å². The molecule has 7 nitrogen and oxygen atoms in total.